The molecule has 4 rings (SSSR count). The first-order valence-corrected chi connectivity index (χ1v) is 10.9. The van der Waals surface area contributed by atoms with E-state index in [4.69, 9.17) is 4.18 Å². The zero-order chi connectivity index (χ0) is 22.8. The number of fused-ring (bicyclic) bond motifs is 1. The largest absolute Gasteiger partial charge is 0.530 e. The molecule has 0 saturated heterocycles. The van der Waals surface area contributed by atoms with E-state index in [2.05, 4.69) is 25.6 Å². The molecule has 2 heterocycles. The average Bonchev–Trinajstić information content (AvgIpc) is 3.07. The summed E-state index contributed by atoms with van der Waals surface area (Å²) in [5, 5.41) is 16.8. The number of carboxylic acid groups (broad SMARTS) is 1. The second-order valence-corrected chi connectivity index (χ2v) is 8.59. The van der Waals surface area contributed by atoms with Crippen molar-refractivity contribution in [1.29, 1.82) is 0 Å². The monoisotopic (exact) mass is 452 g/mol. The van der Waals surface area contributed by atoms with E-state index in [0.29, 0.717) is 17.3 Å². The number of carbonyl (C=O) groups is 1. The number of amides is 1. The molecule has 3 aromatic rings. The summed E-state index contributed by atoms with van der Waals surface area (Å²) in [4.78, 5) is 23.3. The lowest BCUT2D eigenvalue weighted by Crippen LogP contribution is -2.48. The Morgan fingerprint density at radius 3 is 2.50 bits per heavy atom. The van der Waals surface area contributed by atoms with Crippen LogP contribution in [0.3, 0.4) is 0 Å². The maximum atomic E-state index is 12.7. The van der Waals surface area contributed by atoms with Crippen LogP contribution in [0.15, 0.2) is 81.7 Å². The van der Waals surface area contributed by atoms with Crippen molar-refractivity contribution < 1.29 is 22.5 Å². The maximum Gasteiger partial charge on any atom is 0.339 e. The minimum Gasteiger partial charge on any atom is -0.530 e. The zero-order valence-corrected chi connectivity index (χ0v) is 17.7. The number of pyridine rings is 1. The van der Waals surface area contributed by atoms with Gasteiger partial charge < -0.3 is 24.7 Å². The summed E-state index contributed by atoms with van der Waals surface area (Å²) in [6.45, 7) is 1.95. The fourth-order valence-corrected chi connectivity index (χ4v) is 4.01. The first-order valence-electron chi connectivity index (χ1n) is 9.50. The van der Waals surface area contributed by atoms with Crippen LogP contribution in [0, 0.1) is 0 Å². The van der Waals surface area contributed by atoms with Gasteiger partial charge in [0.1, 0.15) is 16.7 Å². The van der Waals surface area contributed by atoms with Gasteiger partial charge in [-0.2, -0.15) is 8.42 Å². The Morgan fingerprint density at radius 1 is 1.06 bits per heavy atom. The summed E-state index contributed by atoms with van der Waals surface area (Å²) in [6, 6.07) is 16.0. The van der Waals surface area contributed by atoms with Crippen molar-refractivity contribution in [2.75, 3.05) is 5.32 Å². The van der Waals surface area contributed by atoms with Gasteiger partial charge in [0.15, 0.2) is 0 Å². The second-order valence-electron chi connectivity index (χ2n) is 7.04. The summed E-state index contributed by atoms with van der Waals surface area (Å²) in [5.74, 6) is -1.41. The summed E-state index contributed by atoms with van der Waals surface area (Å²) >= 11 is 0. The molecule has 2 N–H and O–H groups in total. The molecule has 1 aliphatic rings. The molecule has 0 bridgehead atoms. The van der Waals surface area contributed by atoms with E-state index in [0.717, 1.165) is 11.4 Å². The first-order chi connectivity index (χ1) is 15.2. The van der Waals surface area contributed by atoms with Crippen molar-refractivity contribution in [3.63, 3.8) is 0 Å². The van der Waals surface area contributed by atoms with E-state index >= 15 is 0 Å². The van der Waals surface area contributed by atoms with Crippen LogP contribution in [0.25, 0.3) is 0 Å². The Balaban J connectivity index is 1.47. The molecule has 1 amide bonds. The fourth-order valence-electron chi connectivity index (χ4n) is 3.09. The highest BCUT2D eigenvalue weighted by atomic mass is 32.2. The third-order valence-corrected chi connectivity index (χ3v) is 5.77. The number of nitrogens with zero attached hydrogens (tertiary/aromatic N) is 3. The molecule has 1 atom stereocenters. The quantitative estimate of drug-likeness (QED) is 0.491. The minimum atomic E-state index is -4.09. The Morgan fingerprint density at radius 2 is 1.81 bits per heavy atom. The molecule has 10 nitrogen and oxygen atoms in total. The number of nitrogens with one attached hydrogen (secondary N) is 2. The highest BCUT2D eigenvalue weighted by molar-refractivity contribution is 7.87. The molecule has 0 radical (unpaired) electrons. The Bertz CT molecular complexity index is 1380. The van der Waals surface area contributed by atoms with Gasteiger partial charge >= 0.3 is 10.1 Å². The number of benzene rings is 2. The number of carbonyl (C=O) groups excluding carboxylic acids is 1. The lowest BCUT2D eigenvalue weighted by Gasteiger charge is -2.20. The third-order valence-electron chi connectivity index (χ3n) is 4.51. The van der Waals surface area contributed by atoms with Gasteiger partial charge in [-0.05, 0) is 48.5 Å². The smallest absolute Gasteiger partial charge is 0.339 e. The number of aromatic nitrogens is 1. The summed E-state index contributed by atoms with van der Waals surface area (Å²) < 4.78 is 30.5. The van der Waals surface area contributed by atoms with Crippen molar-refractivity contribution in [2.45, 2.75) is 24.2 Å². The van der Waals surface area contributed by atoms with E-state index in [1.54, 1.807) is 18.3 Å². The van der Waals surface area contributed by atoms with Crippen LogP contribution in [-0.2, 0) is 16.7 Å². The molecule has 0 saturated carbocycles. The zero-order valence-electron chi connectivity index (χ0n) is 16.8. The number of rotatable bonds is 7. The molecule has 0 fully saturated rings. The van der Waals surface area contributed by atoms with E-state index in [9.17, 15) is 18.3 Å². The highest BCUT2D eigenvalue weighted by Gasteiger charge is 2.25. The van der Waals surface area contributed by atoms with E-state index < -0.39 is 22.0 Å². The Kier molecular flexibility index (Phi) is 5.49. The molecular weight excluding hydrogens is 434 g/mol. The van der Waals surface area contributed by atoms with Crippen LogP contribution in [0.5, 0.6) is 5.75 Å². The predicted molar refractivity (Wildman–Crippen MR) is 112 cm³/mol. The molecule has 11 heteroatoms. The van der Waals surface area contributed by atoms with Gasteiger partial charge in [-0.25, -0.2) is 9.98 Å². The topological polar surface area (TPSA) is 145 Å². The SMILES string of the molecule is CC1(NC(=O)[O-])N=c2ccc(OS(=O)(=O)c3ccc(NCc4ccccn4)cc3)cc2=N1. The van der Waals surface area contributed by atoms with Crippen LogP contribution in [0.2, 0.25) is 0 Å². The van der Waals surface area contributed by atoms with Gasteiger partial charge in [-0.3, -0.25) is 4.98 Å². The van der Waals surface area contributed by atoms with Gasteiger partial charge in [0.25, 0.3) is 0 Å². The molecular formula is C21H18N5O5S-. The second kappa shape index (κ2) is 8.27. The van der Waals surface area contributed by atoms with Crippen molar-refractivity contribution in [3.8, 4) is 5.75 Å². The van der Waals surface area contributed by atoms with Crippen LogP contribution in [0.1, 0.15) is 12.6 Å². The number of hydrogen-bond acceptors (Lipinski definition) is 9. The Hall–Kier alpha value is -3.99. The predicted octanol–water partition coefficient (Wildman–Crippen LogP) is 0.321. The lowest BCUT2D eigenvalue weighted by molar-refractivity contribution is -0.252. The standard InChI is InChI=1S/C21H19N5O5S/c1-21(26-20(27)28)24-18-10-7-16(12-19(18)25-21)31-32(29,30)17-8-5-14(6-9-17)23-13-15-4-2-3-11-22-15/h2-12,23,26H,13H2,1H3,(H,27,28)/p-1. The third kappa shape index (κ3) is 4.83. The number of anilines is 1. The summed E-state index contributed by atoms with van der Waals surface area (Å²) in [5.41, 5.74) is 1.58. The van der Waals surface area contributed by atoms with Crippen molar-refractivity contribution >= 4 is 21.9 Å². The van der Waals surface area contributed by atoms with Gasteiger partial charge in [0, 0.05) is 24.9 Å². The highest BCUT2D eigenvalue weighted by Crippen LogP contribution is 2.20. The van der Waals surface area contributed by atoms with Crippen LogP contribution in [0.4, 0.5) is 10.5 Å². The van der Waals surface area contributed by atoms with E-state index in [1.807, 2.05) is 18.2 Å². The van der Waals surface area contributed by atoms with Gasteiger partial charge in [-0.15, -0.1) is 0 Å². The molecule has 1 unspecified atom stereocenters. The molecule has 32 heavy (non-hydrogen) atoms. The molecule has 0 aliphatic carbocycles. The number of hydrogen-bond donors (Lipinski definition) is 2. The molecule has 1 aromatic heterocycles. The van der Waals surface area contributed by atoms with Crippen LogP contribution >= 0.6 is 0 Å². The molecule has 2 aromatic carbocycles. The molecule has 164 valence electrons. The van der Waals surface area contributed by atoms with Gasteiger partial charge in [0.05, 0.1) is 23.0 Å². The Labute approximate surface area is 183 Å². The summed E-state index contributed by atoms with van der Waals surface area (Å²) in [7, 11) is -4.09. The first kappa shape index (κ1) is 21.2. The van der Waals surface area contributed by atoms with Crippen molar-refractivity contribution in [1.82, 2.24) is 10.3 Å². The average molecular weight is 452 g/mol. The summed E-state index contributed by atoms with van der Waals surface area (Å²) in [6.07, 6.45) is 0.176. The van der Waals surface area contributed by atoms with Crippen LogP contribution < -0.4 is 30.6 Å². The van der Waals surface area contributed by atoms with E-state index in [-0.39, 0.29) is 10.6 Å². The molecule has 0 spiro atoms. The lowest BCUT2D eigenvalue weighted by atomic mass is 10.3. The van der Waals surface area contributed by atoms with E-state index in [1.165, 1.54) is 37.3 Å². The van der Waals surface area contributed by atoms with Crippen molar-refractivity contribution in [3.05, 3.63) is 83.3 Å². The minimum absolute atomic E-state index is 0.0218. The fraction of sp³-hybridized carbons (Fsp3) is 0.143. The van der Waals surface area contributed by atoms with Gasteiger partial charge in [-0.1, -0.05) is 6.07 Å². The van der Waals surface area contributed by atoms with Gasteiger partial charge in [0.2, 0.25) is 5.79 Å². The molecule has 1 aliphatic heterocycles. The van der Waals surface area contributed by atoms with Crippen molar-refractivity contribution in [2.24, 2.45) is 9.98 Å². The maximum absolute atomic E-state index is 12.7. The van der Waals surface area contributed by atoms with Crippen LogP contribution in [-0.4, -0.2) is 25.3 Å². The normalized spacial score (nSPS) is 16.9.